The Morgan fingerprint density at radius 1 is 0.968 bits per heavy atom. The van der Waals surface area contributed by atoms with Gasteiger partial charge in [-0.15, -0.1) is 10.2 Å². The largest absolute Gasteiger partial charge is 0.351 e. The number of hydrogen-bond donors (Lipinski definition) is 1. The molecule has 1 amide bonds. The van der Waals surface area contributed by atoms with Crippen LogP contribution in [-0.2, 0) is 11.3 Å². The number of aromatic nitrogens is 3. The molecule has 3 aromatic carbocycles. The predicted molar refractivity (Wildman–Crippen MR) is 121 cm³/mol. The van der Waals surface area contributed by atoms with Gasteiger partial charge >= 0.3 is 0 Å². The first kappa shape index (κ1) is 21.1. The van der Waals surface area contributed by atoms with Crippen LogP contribution in [0.15, 0.2) is 84.0 Å². The number of carbonyl (C=O) groups is 1. The van der Waals surface area contributed by atoms with Gasteiger partial charge in [-0.2, -0.15) is 0 Å². The minimum Gasteiger partial charge on any atom is -0.351 e. The average Bonchev–Trinajstić information content (AvgIpc) is 3.22. The van der Waals surface area contributed by atoms with Gasteiger partial charge in [0.15, 0.2) is 11.0 Å². The molecule has 0 atom stereocenters. The van der Waals surface area contributed by atoms with Gasteiger partial charge in [-0.1, -0.05) is 71.9 Å². The van der Waals surface area contributed by atoms with Crippen LogP contribution in [-0.4, -0.2) is 26.4 Å². The van der Waals surface area contributed by atoms with Crippen LogP contribution in [0.1, 0.15) is 5.56 Å². The van der Waals surface area contributed by atoms with E-state index in [4.69, 9.17) is 11.6 Å². The minimum absolute atomic E-state index is 0.151. The maximum Gasteiger partial charge on any atom is 0.230 e. The zero-order chi connectivity index (χ0) is 21.6. The third-order valence-electron chi connectivity index (χ3n) is 4.52. The minimum atomic E-state index is -0.328. The molecule has 0 saturated heterocycles. The number of hydrogen-bond acceptors (Lipinski definition) is 4. The highest BCUT2D eigenvalue weighted by Crippen LogP contribution is 2.28. The van der Waals surface area contributed by atoms with Crippen molar-refractivity contribution in [1.29, 1.82) is 0 Å². The summed E-state index contributed by atoms with van der Waals surface area (Å²) in [6.07, 6.45) is 0. The van der Waals surface area contributed by atoms with Crippen molar-refractivity contribution in [1.82, 2.24) is 20.1 Å². The van der Waals surface area contributed by atoms with Crippen molar-refractivity contribution in [2.24, 2.45) is 0 Å². The van der Waals surface area contributed by atoms with Gasteiger partial charge < -0.3 is 5.32 Å². The zero-order valence-electron chi connectivity index (χ0n) is 16.3. The van der Waals surface area contributed by atoms with E-state index >= 15 is 0 Å². The summed E-state index contributed by atoms with van der Waals surface area (Å²) in [6.45, 7) is 0.346. The Labute approximate surface area is 188 Å². The first-order chi connectivity index (χ1) is 15.1. The van der Waals surface area contributed by atoms with Gasteiger partial charge in [-0.25, -0.2) is 4.39 Å². The van der Waals surface area contributed by atoms with Gasteiger partial charge in [-0.3, -0.25) is 9.36 Å². The molecule has 4 rings (SSSR count). The van der Waals surface area contributed by atoms with Crippen LogP contribution in [0.25, 0.3) is 17.1 Å². The lowest BCUT2D eigenvalue weighted by Gasteiger charge is -2.11. The summed E-state index contributed by atoms with van der Waals surface area (Å²) >= 11 is 7.40. The molecule has 0 aliphatic rings. The molecule has 0 aliphatic heterocycles. The molecule has 0 radical (unpaired) electrons. The summed E-state index contributed by atoms with van der Waals surface area (Å²) in [5.41, 5.74) is 2.43. The molecule has 0 spiro atoms. The highest BCUT2D eigenvalue weighted by atomic mass is 35.5. The van der Waals surface area contributed by atoms with E-state index in [2.05, 4.69) is 15.5 Å². The van der Waals surface area contributed by atoms with Crippen molar-refractivity contribution < 1.29 is 9.18 Å². The van der Waals surface area contributed by atoms with E-state index in [0.717, 1.165) is 11.1 Å². The first-order valence-electron chi connectivity index (χ1n) is 9.51. The quantitative estimate of drug-likeness (QED) is 0.395. The molecule has 0 aliphatic carbocycles. The lowest BCUT2D eigenvalue weighted by Crippen LogP contribution is -2.24. The molecule has 0 saturated carbocycles. The fourth-order valence-electron chi connectivity index (χ4n) is 2.98. The van der Waals surface area contributed by atoms with Crippen LogP contribution in [0.4, 0.5) is 4.39 Å². The van der Waals surface area contributed by atoms with Crippen molar-refractivity contribution in [3.8, 4) is 17.1 Å². The summed E-state index contributed by atoms with van der Waals surface area (Å²) in [4.78, 5) is 12.4. The maximum absolute atomic E-state index is 13.5. The van der Waals surface area contributed by atoms with Crippen molar-refractivity contribution >= 4 is 29.3 Å². The van der Waals surface area contributed by atoms with Gasteiger partial charge in [0.1, 0.15) is 5.82 Å². The normalized spacial score (nSPS) is 10.8. The fourth-order valence-corrected chi connectivity index (χ4v) is 3.96. The number of amides is 1. The van der Waals surface area contributed by atoms with Crippen molar-refractivity contribution in [3.63, 3.8) is 0 Å². The fraction of sp³-hybridized carbons (Fsp3) is 0.0870. The molecule has 0 unspecified atom stereocenters. The van der Waals surface area contributed by atoms with Crippen LogP contribution in [0.2, 0.25) is 5.02 Å². The molecule has 156 valence electrons. The van der Waals surface area contributed by atoms with Gasteiger partial charge in [0.25, 0.3) is 0 Å². The lowest BCUT2D eigenvalue weighted by molar-refractivity contribution is -0.118. The van der Waals surface area contributed by atoms with Gasteiger partial charge in [0.05, 0.1) is 5.75 Å². The lowest BCUT2D eigenvalue weighted by atomic mass is 10.2. The number of carbonyl (C=O) groups excluding carboxylic acids is 1. The SMILES string of the molecule is O=C(CSc1nnc(-c2ccccc2)n1-c1ccc(F)cc1)NCc1ccccc1Cl. The third kappa shape index (κ3) is 5.13. The van der Waals surface area contributed by atoms with E-state index in [0.29, 0.717) is 28.2 Å². The topological polar surface area (TPSA) is 59.8 Å². The van der Waals surface area contributed by atoms with Gasteiger partial charge in [0.2, 0.25) is 5.91 Å². The van der Waals surface area contributed by atoms with Crippen molar-refractivity contribution in [3.05, 3.63) is 95.3 Å². The summed E-state index contributed by atoms with van der Waals surface area (Å²) < 4.78 is 15.3. The average molecular weight is 453 g/mol. The number of nitrogens with one attached hydrogen (secondary N) is 1. The van der Waals surface area contributed by atoms with Gasteiger partial charge in [-0.05, 0) is 35.9 Å². The second-order valence-corrected chi connectivity index (χ2v) is 7.99. The van der Waals surface area contributed by atoms with Crippen LogP contribution < -0.4 is 5.32 Å². The maximum atomic E-state index is 13.5. The Hall–Kier alpha value is -3.16. The van der Waals surface area contributed by atoms with Crippen molar-refractivity contribution in [2.45, 2.75) is 11.7 Å². The van der Waals surface area contributed by atoms with E-state index < -0.39 is 0 Å². The first-order valence-corrected chi connectivity index (χ1v) is 10.9. The van der Waals surface area contributed by atoms with Crippen LogP contribution in [0.5, 0.6) is 0 Å². The monoisotopic (exact) mass is 452 g/mol. The summed E-state index contributed by atoms with van der Waals surface area (Å²) in [7, 11) is 0. The van der Waals surface area contributed by atoms with Crippen LogP contribution >= 0.6 is 23.4 Å². The number of thioether (sulfide) groups is 1. The Morgan fingerprint density at radius 3 is 2.42 bits per heavy atom. The Kier molecular flexibility index (Phi) is 6.64. The Balaban J connectivity index is 1.53. The molecule has 0 fully saturated rings. The molecule has 5 nitrogen and oxygen atoms in total. The zero-order valence-corrected chi connectivity index (χ0v) is 17.9. The molecule has 1 N–H and O–H groups in total. The molecular weight excluding hydrogens is 435 g/mol. The van der Waals surface area contributed by atoms with E-state index in [-0.39, 0.29) is 17.5 Å². The second-order valence-electron chi connectivity index (χ2n) is 6.64. The summed E-state index contributed by atoms with van der Waals surface area (Å²) in [5.74, 6) is 0.288. The summed E-state index contributed by atoms with van der Waals surface area (Å²) in [5, 5.41) is 12.6. The van der Waals surface area contributed by atoms with E-state index in [1.165, 1.54) is 23.9 Å². The third-order valence-corrected chi connectivity index (χ3v) is 5.81. The Morgan fingerprint density at radius 2 is 1.68 bits per heavy atom. The molecule has 4 aromatic rings. The second kappa shape index (κ2) is 9.76. The number of halogens is 2. The highest BCUT2D eigenvalue weighted by molar-refractivity contribution is 7.99. The van der Waals surface area contributed by atoms with Crippen LogP contribution in [0.3, 0.4) is 0 Å². The molecule has 1 aromatic heterocycles. The number of rotatable bonds is 7. The smallest absolute Gasteiger partial charge is 0.230 e. The predicted octanol–water partition coefficient (Wildman–Crippen LogP) is 5.14. The molecular formula is C23H18ClFN4OS. The molecule has 1 heterocycles. The van der Waals surface area contributed by atoms with E-state index in [9.17, 15) is 9.18 Å². The number of benzene rings is 3. The Bertz CT molecular complexity index is 1180. The standard InChI is InChI=1S/C23H18ClFN4OS/c24-20-9-5-4-8-17(20)14-26-21(30)15-31-23-28-27-22(16-6-2-1-3-7-16)29(23)19-12-10-18(25)11-13-19/h1-13H,14-15H2,(H,26,30). The van der Waals surface area contributed by atoms with E-state index in [1.54, 1.807) is 18.2 Å². The van der Waals surface area contributed by atoms with Gasteiger partial charge in [0, 0.05) is 22.8 Å². The van der Waals surface area contributed by atoms with E-state index in [1.807, 2.05) is 53.1 Å². The molecule has 0 bridgehead atoms. The van der Waals surface area contributed by atoms with Crippen molar-refractivity contribution in [2.75, 3.05) is 5.75 Å². The molecule has 31 heavy (non-hydrogen) atoms. The number of nitrogens with zero attached hydrogens (tertiary/aromatic N) is 3. The highest BCUT2D eigenvalue weighted by Gasteiger charge is 2.17. The van der Waals surface area contributed by atoms with Crippen LogP contribution in [0, 0.1) is 5.82 Å². The summed E-state index contributed by atoms with van der Waals surface area (Å²) in [6, 6.07) is 23.0. The molecule has 8 heteroatoms.